The third-order valence-electron chi connectivity index (χ3n) is 2.95. The number of methoxy groups -OCH3 is 1. The number of nitrogens with one attached hydrogen (secondary N) is 3. The first-order chi connectivity index (χ1) is 10.3. The van der Waals surface area contributed by atoms with Crippen LogP contribution in [0.15, 0.2) is 12.1 Å². The van der Waals surface area contributed by atoms with Gasteiger partial charge in [0, 0.05) is 0 Å². The van der Waals surface area contributed by atoms with Crippen LogP contribution in [0.4, 0.5) is 18.0 Å². The Labute approximate surface area is 121 Å². The van der Waals surface area contributed by atoms with Gasteiger partial charge in [-0.3, -0.25) is 4.79 Å². The summed E-state index contributed by atoms with van der Waals surface area (Å²) >= 11 is 0. The van der Waals surface area contributed by atoms with Gasteiger partial charge in [0.05, 0.1) is 13.2 Å². The number of nitrogens with zero attached hydrogens (tertiary/aromatic N) is 1. The molecule has 2 atom stereocenters. The van der Waals surface area contributed by atoms with Gasteiger partial charge in [-0.2, -0.15) is 5.12 Å². The number of hydrazine groups is 3. The maximum Gasteiger partial charge on any atom is 0.438 e. The van der Waals surface area contributed by atoms with Crippen molar-refractivity contribution in [2.45, 2.75) is 12.1 Å². The lowest BCUT2D eigenvalue weighted by Gasteiger charge is -2.37. The molecular weight excluding hydrogens is 309 g/mol. The zero-order valence-electron chi connectivity index (χ0n) is 11.1. The first-order valence-corrected chi connectivity index (χ1v) is 5.87. The van der Waals surface area contributed by atoms with Gasteiger partial charge >= 0.3 is 12.1 Å². The Morgan fingerprint density at radius 2 is 1.86 bits per heavy atom. The van der Waals surface area contributed by atoms with E-state index in [1.807, 2.05) is 0 Å². The second-order valence-electron chi connectivity index (χ2n) is 4.28. The molecule has 0 spiro atoms. The number of hydrogen-bond acceptors (Lipinski definition) is 6. The third kappa shape index (κ3) is 2.95. The van der Waals surface area contributed by atoms with Crippen molar-refractivity contribution >= 4 is 12.1 Å². The minimum absolute atomic E-state index is 0.188. The van der Waals surface area contributed by atoms with Crippen LogP contribution in [-0.4, -0.2) is 35.4 Å². The van der Waals surface area contributed by atoms with E-state index in [0.717, 1.165) is 7.11 Å². The Hall–Kier alpha value is -2.37. The molecule has 1 aliphatic heterocycles. The summed E-state index contributed by atoms with van der Waals surface area (Å²) in [5.74, 6) is -5.45. The third-order valence-corrected chi connectivity index (χ3v) is 2.95. The summed E-state index contributed by atoms with van der Waals surface area (Å²) in [5.41, 5.74) is 6.58. The molecule has 0 saturated carbocycles. The normalized spacial score (nSPS) is 21.5. The number of esters is 1. The predicted octanol–water partition coefficient (Wildman–Crippen LogP) is 0.194. The molecule has 0 aromatic heterocycles. The lowest BCUT2D eigenvalue weighted by Crippen LogP contribution is -2.69. The highest BCUT2D eigenvalue weighted by molar-refractivity contribution is 5.77. The van der Waals surface area contributed by atoms with Crippen LogP contribution in [-0.2, 0) is 9.53 Å². The standard InChI is InChI=1S/C11H11F3N4O4/c1-22-10(19)9-8(16-18(11(20)21)17-15-9)4-2-5(12)7(14)6(13)3-4/h2-3,8-9,15-17H,1H3,(H,20,21). The second-order valence-corrected chi connectivity index (χ2v) is 4.28. The Bertz CT molecular complexity index is 592. The van der Waals surface area contributed by atoms with E-state index in [9.17, 15) is 22.8 Å². The van der Waals surface area contributed by atoms with Crippen LogP contribution in [0.1, 0.15) is 11.6 Å². The lowest BCUT2D eigenvalue weighted by atomic mass is 9.99. The molecule has 11 heteroatoms. The molecule has 0 radical (unpaired) electrons. The summed E-state index contributed by atoms with van der Waals surface area (Å²) in [7, 11) is 1.08. The van der Waals surface area contributed by atoms with Gasteiger partial charge in [-0.05, 0) is 17.7 Å². The monoisotopic (exact) mass is 320 g/mol. The molecule has 1 amide bonds. The quantitative estimate of drug-likeness (QED) is 0.456. The number of amides is 1. The van der Waals surface area contributed by atoms with Crippen LogP contribution in [0, 0.1) is 17.5 Å². The molecule has 1 aromatic rings. The van der Waals surface area contributed by atoms with Gasteiger partial charge in [0.1, 0.15) is 6.04 Å². The Balaban J connectivity index is 2.40. The van der Waals surface area contributed by atoms with Crippen LogP contribution >= 0.6 is 0 Å². The highest BCUT2D eigenvalue weighted by Crippen LogP contribution is 2.24. The average molecular weight is 320 g/mol. The second kappa shape index (κ2) is 6.17. The first-order valence-electron chi connectivity index (χ1n) is 5.87. The van der Waals surface area contributed by atoms with E-state index in [1.165, 1.54) is 0 Å². The predicted molar refractivity (Wildman–Crippen MR) is 64.1 cm³/mol. The van der Waals surface area contributed by atoms with E-state index >= 15 is 0 Å². The highest BCUT2D eigenvalue weighted by atomic mass is 19.2. The van der Waals surface area contributed by atoms with Gasteiger partial charge in [0.15, 0.2) is 17.5 Å². The van der Waals surface area contributed by atoms with E-state index in [0.29, 0.717) is 17.3 Å². The van der Waals surface area contributed by atoms with Crippen molar-refractivity contribution in [1.29, 1.82) is 0 Å². The van der Waals surface area contributed by atoms with Crippen molar-refractivity contribution in [2.75, 3.05) is 7.11 Å². The van der Waals surface area contributed by atoms with Gasteiger partial charge in [0.2, 0.25) is 0 Å². The summed E-state index contributed by atoms with van der Waals surface area (Å²) in [6.07, 6.45) is -1.48. The lowest BCUT2D eigenvalue weighted by molar-refractivity contribution is -0.148. The summed E-state index contributed by atoms with van der Waals surface area (Å²) in [6.45, 7) is 0. The number of halogens is 3. The molecule has 0 bridgehead atoms. The minimum Gasteiger partial charge on any atom is -0.468 e. The molecule has 1 fully saturated rings. The summed E-state index contributed by atoms with van der Waals surface area (Å²) in [6, 6.07) is -1.14. The number of carbonyl (C=O) groups excluding carboxylic acids is 1. The van der Waals surface area contributed by atoms with Crippen molar-refractivity contribution in [3.05, 3.63) is 35.1 Å². The van der Waals surface area contributed by atoms with Gasteiger partial charge in [-0.25, -0.2) is 28.8 Å². The summed E-state index contributed by atoms with van der Waals surface area (Å²) in [5, 5.41) is 9.31. The van der Waals surface area contributed by atoms with Crippen molar-refractivity contribution in [2.24, 2.45) is 0 Å². The fourth-order valence-corrected chi connectivity index (χ4v) is 1.91. The smallest absolute Gasteiger partial charge is 0.438 e. The molecule has 22 heavy (non-hydrogen) atoms. The molecule has 1 saturated heterocycles. The fourth-order valence-electron chi connectivity index (χ4n) is 1.91. The minimum atomic E-state index is -1.67. The van der Waals surface area contributed by atoms with Crippen LogP contribution in [0.5, 0.6) is 0 Å². The number of ether oxygens (including phenoxy) is 1. The Morgan fingerprint density at radius 1 is 1.27 bits per heavy atom. The molecular formula is C11H11F3N4O4. The zero-order chi connectivity index (χ0) is 16.4. The topological polar surface area (TPSA) is 103 Å². The Morgan fingerprint density at radius 3 is 2.36 bits per heavy atom. The van der Waals surface area contributed by atoms with Crippen molar-refractivity contribution in [3.63, 3.8) is 0 Å². The molecule has 8 nitrogen and oxygen atoms in total. The maximum atomic E-state index is 13.3. The van der Waals surface area contributed by atoms with Gasteiger partial charge in [-0.15, -0.1) is 5.53 Å². The van der Waals surface area contributed by atoms with Crippen LogP contribution in [0.3, 0.4) is 0 Å². The zero-order valence-corrected chi connectivity index (χ0v) is 11.1. The van der Waals surface area contributed by atoms with E-state index < -0.39 is 41.6 Å². The van der Waals surface area contributed by atoms with Gasteiger partial charge < -0.3 is 9.84 Å². The number of carboxylic acid groups (broad SMARTS) is 1. The highest BCUT2D eigenvalue weighted by Gasteiger charge is 2.38. The molecule has 0 aliphatic carbocycles. The van der Waals surface area contributed by atoms with E-state index in [4.69, 9.17) is 5.11 Å². The molecule has 120 valence electrons. The Kier molecular flexibility index (Phi) is 4.49. The molecule has 2 rings (SSSR count). The molecule has 1 heterocycles. The fraction of sp³-hybridized carbons (Fsp3) is 0.273. The molecule has 2 unspecified atom stereocenters. The molecule has 4 N–H and O–H groups in total. The number of rotatable bonds is 2. The number of hydrogen-bond donors (Lipinski definition) is 4. The van der Waals surface area contributed by atoms with Crippen LogP contribution in [0.2, 0.25) is 0 Å². The van der Waals surface area contributed by atoms with E-state index in [1.54, 1.807) is 0 Å². The van der Waals surface area contributed by atoms with Crippen LogP contribution in [0.25, 0.3) is 0 Å². The van der Waals surface area contributed by atoms with Crippen molar-refractivity contribution in [1.82, 2.24) is 21.5 Å². The first kappa shape index (κ1) is 16.0. The van der Waals surface area contributed by atoms with Gasteiger partial charge in [0.25, 0.3) is 0 Å². The maximum absolute atomic E-state index is 13.3. The van der Waals surface area contributed by atoms with Crippen molar-refractivity contribution < 1.29 is 32.6 Å². The largest absolute Gasteiger partial charge is 0.468 e. The average Bonchev–Trinajstić information content (AvgIpc) is 2.50. The number of carbonyl (C=O) groups is 2. The molecule has 1 aromatic carbocycles. The molecule has 1 aliphatic rings. The van der Waals surface area contributed by atoms with E-state index in [-0.39, 0.29) is 5.56 Å². The summed E-state index contributed by atoms with van der Waals surface area (Å²) < 4.78 is 44.2. The van der Waals surface area contributed by atoms with Gasteiger partial charge in [-0.1, -0.05) is 0 Å². The summed E-state index contributed by atoms with van der Waals surface area (Å²) in [4.78, 5) is 22.6. The number of benzene rings is 1. The van der Waals surface area contributed by atoms with Crippen LogP contribution < -0.4 is 16.4 Å². The van der Waals surface area contributed by atoms with E-state index in [2.05, 4.69) is 21.1 Å². The SMILES string of the molecule is COC(=O)C1NNN(C(=O)O)NC1c1cc(F)c(F)c(F)c1. The van der Waals surface area contributed by atoms with Crippen molar-refractivity contribution in [3.8, 4) is 0 Å².